The molecule has 3 heterocycles. The lowest BCUT2D eigenvalue weighted by Crippen LogP contribution is -2.05. The van der Waals surface area contributed by atoms with Crippen molar-refractivity contribution in [2.75, 3.05) is 0 Å². The zero-order chi connectivity index (χ0) is 46.9. The van der Waals surface area contributed by atoms with Gasteiger partial charge in [0.25, 0.3) is 0 Å². The quantitative estimate of drug-likeness (QED) is 0.183. The lowest BCUT2D eigenvalue weighted by molar-refractivity contribution is 1.06. The second-order valence-electron chi connectivity index (χ2n) is 11.2. The summed E-state index contributed by atoms with van der Waals surface area (Å²) in [5.41, 5.74) is 0.375. The predicted molar refractivity (Wildman–Crippen MR) is 209 cm³/mol. The third-order valence-electron chi connectivity index (χ3n) is 8.40. The Labute approximate surface area is 315 Å². The molecule has 0 saturated heterocycles. The Kier molecular flexibility index (Phi) is 3.90. The van der Waals surface area contributed by atoms with Crippen LogP contribution in [0.15, 0.2) is 169 Å². The van der Waals surface area contributed by atoms with Crippen molar-refractivity contribution in [3.8, 4) is 51.0 Å². The Morgan fingerprint density at radius 1 is 0.440 bits per heavy atom. The van der Waals surface area contributed by atoms with Gasteiger partial charge in [-0.05, 0) is 24.2 Å². The summed E-state index contributed by atoms with van der Waals surface area (Å²) in [4.78, 5) is 13.9. The zero-order valence-corrected chi connectivity index (χ0v) is 26.4. The predicted octanol–water partition coefficient (Wildman–Crippen LogP) is 12.0. The Hall–Kier alpha value is -6.43. The number of para-hydroxylation sites is 3. The summed E-state index contributed by atoms with van der Waals surface area (Å²) in [5, 5.41) is 1.81. The molecule has 0 aliphatic carbocycles. The summed E-state index contributed by atoms with van der Waals surface area (Å²) in [5.74, 6) is -1.31. The van der Waals surface area contributed by atoms with Gasteiger partial charge in [0.15, 0.2) is 17.5 Å². The number of aromatic nitrogens is 4. The van der Waals surface area contributed by atoms with Gasteiger partial charge in [0.2, 0.25) is 0 Å². The Balaban J connectivity index is 1.44. The minimum absolute atomic E-state index is 0.00144. The highest BCUT2D eigenvalue weighted by atomic mass is 32.1. The molecule has 234 valence electrons. The van der Waals surface area contributed by atoms with Crippen LogP contribution in [0.1, 0.15) is 21.9 Å². The summed E-state index contributed by atoms with van der Waals surface area (Å²) in [6.07, 6.45) is 0. The van der Waals surface area contributed by atoms with Crippen LogP contribution in [0, 0.1) is 0 Å². The van der Waals surface area contributed by atoms with Gasteiger partial charge in [0, 0.05) is 58.8 Å². The molecule has 0 bridgehead atoms. The van der Waals surface area contributed by atoms with Crippen LogP contribution in [0.3, 0.4) is 0 Å². The van der Waals surface area contributed by atoms with E-state index in [0.29, 0.717) is 11.1 Å². The molecule has 0 amide bonds. The molecule has 0 aliphatic rings. The van der Waals surface area contributed by atoms with Crippen LogP contribution in [0.4, 0.5) is 0 Å². The van der Waals surface area contributed by atoms with E-state index in [-0.39, 0.29) is 75.1 Å². The number of rotatable bonds is 5. The number of hydrogen-bond donors (Lipinski definition) is 0. The third kappa shape index (κ3) is 4.55. The van der Waals surface area contributed by atoms with Crippen molar-refractivity contribution < 1.29 is 21.9 Å². The van der Waals surface area contributed by atoms with Gasteiger partial charge in [-0.25, -0.2) is 15.0 Å². The fraction of sp³-hybridized carbons (Fsp3) is 0. The van der Waals surface area contributed by atoms with Gasteiger partial charge in [0.05, 0.1) is 38.7 Å². The number of benzene rings is 7. The summed E-state index contributed by atoms with van der Waals surface area (Å²) in [6.45, 7) is 0. The van der Waals surface area contributed by atoms with E-state index in [2.05, 4.69) is 4.98 Å². The van der Waals surface area contributed by atoms with E-state index in [1.807, 2.05) is 42.5 Å². The van der Waals surface area contributed by atoms with Gasteiger partial charge in [-0.3, -0.25) is 0 Å². The molecule has 0 saturated carbocycles. The molecule has 0 unspecified atom stereocenters. The average molecular weight is 673 g/mol. The fourth-order valence-corrected chi connectivity index (χ4v) is 7.55. The van der Waals surface area contributed by atoms with Crippen LogP contribution in [0.2, 0.25) is 0 Å². The first-order chi connectivity index (χ1) is 31.4. The Bertz CT molecular complexity index is 3590. The van der Waals surface area contributed by atoms with Gasteiger partial charge in [-0.1, -0.05) is 145 Å². The molecular weight excluding hydrogens is 629 g/mol. The number of hydrogen-bond acceptors (Lipinski definition) is 4. The molecule has 0 spiro atoms. The number of fused-ring (bicyclic) bond motifs is 6. The molecule has 0 fully saturated rings. The average Bonchev–Trinajstić information content (AvgIpc) is 3.87. The van der Waals surface area contributed by atoms with Crippen molar-refractivity contribution in [2.24, 2.45) is 0 Å². The van der Waals surface area contributed by atoms with Crippen LogP contribution in [-0.2, 0) is 0 Å². The zero-order valence-electron chi connectivity index (χ0n) is 41.6. The topological polar surface area (TPSA) is 43.6 Å². The number of nitrogens with zero attached hydrogens (tertiary/aromatic N) is 4. The van der Waals surface area contributed by atoms with Gasteiger partial charge in [-0.15, -0.1) is 11.3 Å². The highest BCUT2D eigenvalue weighted by molar-refractivity contribution is 7.26. The van der Waals surface area contributed by atoms with Gasteiger partial charge in [0.1, 0.15) is 0 Å². The van der Waals surface area contributed by atoms with Crippen LogP contribution >= 0.6 is 11.3 Å². The second kappa shape index (κ2) is 11.6. The van der Waals surface area contributed by atoms with E-state index >= 15 is 0 Å². The minimum atomic E-state index is -0.715. The van der Waals surface area contributed by atoms with E-state index < -0.39 is 83.2 Å². The van der Waals surface area contributed by atoms with Crippen molar-refractivity contribution in [3.05, 3.63) is 169 Å². The highest BCUT2D eigenvalue weighted by Crippen LogP contribution is 2.45. The van der Waals surface area contributed by atoms with Gasteiger partial charge in [-0.2, -0.15) is 0 Å². The summed E-state index contributed by atoms with van der Waals surface area (Å²) < 4.78 is 144. The monoisotopic (exact) mass is 672 g/mol. The standard InChI is InChI=1S/C45H28N4S/c1-3-15-29(16-4-1)43-46-44(30-17-5-2-6-18-30)48-45(47-43)37-25-13-22-34(36-24-14-23-35-33-21-9-12-28-40(33)50-42(35)36)41(37)49-38-26-10-7-19-31(38)32-20-8-11-27-39(32)49/h1-28H/i1D,2D,3D,4D,5D,6D,7D,8D,15D,16D,17D,18D,19D,20D,26D,27D. The molecule has 4 nitrogen and oxygen atoms in total. The van der Waals surface area contributed by atoms with E-state index in [9.17, 15) is 2.74 Å². The van der Waals surface area contributed by atoms with Crippen LogP contribution in [0.5, 0.6) is 0 Å². The van der Waals surface area contributed by atoms with E-state index in [1.165, 1.54) is 28.0 Å². The molecule has 0 radical (unpaired) electrons. The summed E-state index contributed by atoms with van der Waals surface area (Å²) in [7, 11) is 0. The SMILES string of the molecule is [2H]c1cc([2H])c2c(c1[2H])c1c([2H])c([2H])cc([2H])c1n2-c1c(-c2nc(-c3c([2H])c([2H])c([2H])c([2H])c3[2H])nc(-c3c([2H])c([2H])c([2H])c([2H])c3[2H])n2)cccc1-c1cccc2c1sc1ccccc12. The maximum atomic E-state index is 9.36. The van der Waals surface area contributed by atoms with E-state index in [0.717, 1.165) is 20.2 Å². The molecule has 5 heteroatoms. The Morgan fingerprint density at radius 3 is 1.68 bits per heavy atom. The molecular formula is C45H28N4S. The first-order valence-corrected chi connectivity index (χ1v) is 16.2. The third-order valence-corrected chi connectivity index (χ3v) is 9.62. The first kappa shape index (κ1) is 16.8. The van der Waals surface area contributed by atoms with Crippen LogP contribution < -0.4 is 0 Å². The summed E-state index contributed by atoms with van der Waals surface area (Å²) in [6, 6.07) is 11.9. The normalized spacial score (nSPS) is 16.1. The first-order valence-electron chi connectivity index (χ1n) is 23.4. The largest absolute Gasteiger partial charge is 0.308 e. The smallest absolute Gasteiger partial charge is 0.166 e. The Morgan fingerprint density at radius 2 is 1.00 bits per heavy atom. The van der Waals surface area contributed by atoms with E-state index in [1.54, 1.807) is 18.2 Å². The van der Waals surface area contributed by atoms with E-state index in [4.69, 9.17) is 29.2 Å². The second-order valence-corrected chi connectivity index (χ2v) is 12.2. The van der Waals surface area contributed by atoms with Crippen molar-refractivity contribution in [3.63, 3.8) is 0 Å². The van der Waals surface area contributed by atoms with Crippen LogP contribution in [0.25, 0.3) is 93.0 Å². The maximum Gasteiger partial charge on any atom is 0.166 e. The highest BCUT2D eigenvalue weighted by Gasteiger charge is 2.23. The lowest BCUT2D eigenvalue weighted by atomic mass is 9.97. The van der Waals surface area contributed by atoms with Gasteiger partial charge >= 0.3 is 0 Å². The molecule has 0 N–H and O–H groups in total. The van der Waals surface area contributed by atoms with Crippen molar-refractivity contribution >= 4 is 53.3 Å². The van der Waals surface area contributed by atoms with Crippen molar-refractivity contribution in [2.45, 2.75) is 0 Å². The lowest BCUT2D eigenvalue weighted by Gasteiger charge is -2.19. The van der Waals surface area contributed by atoms with Crippen molar-refractivity contribution in [1.29, 1.82) is 0 Å². The molecule has 3 aromatic heterocycles. The molecule has 0 atom stereocenters. The molecule has 0 aliphatic heterocycles. The molecule has 7 aromatic carbocycles. The van der Waals surface area contributed by atoms with Crippen LogP contribution in [-0.4, -0.2) is 19.5 Å². The van der Waals surface area contributed by atoms with Gasteiger partial charge < -0.3 is 4.57 Å². The minimum Gasteiger partial charge on any atom is -0.308 e. The molecule has 10 aromatic rings. The van der Waals surface area contributed by atoms with Crippen molar-refractivity contribution in [1.82, 2.24) is 19.5 Å². The maximum absolute atomic E-state index is 9.36. The summed E-state index contributed by atoms with van der Waals surface area (Å²) >= 11 is 1.51. The molecule has 50 heavy (non-hydrogen) atoms. The molecule has 10 rings (SSSR count). The number of thiophene rings is 1. The fourth-order valence-electron chi connectivity index (χ4n) is 6.32.